The summed E-state index contributed by atoms with van der Waals surface area (Å²) in [5.74, 6) is 1.02. The number of aliphatic imine (C=N–C) groups is 1. The van der Waals surface area contributed by atoms with Crippen molar-refractivity contribution in [2.45, 2.75) is 44.8 Å². The predicted octanol–water partition coefficient (Wildman–Crippen LogP) is 2.92. The summed E-state index contributed by atoms with van der Waals surface area (Å²) in [6.07, 6.45) is 2.96. The van der Waals surface area contributed by atoms with E-state index in [0.29, 0.717) is 12.6 Å². The van der Waals surface area contributed by atoms with Gasteiger partial charge in [0, 0.05) is 71.9 Å². The lowest BCUT2D eigenvalue weighted by molar-refractivity contribution is -0.0829. The second-order valence-electron chi connectivity index (χ2n) is 8.03. The van der Waals surface area contributed by atoms with Gasteiger partial charge >= 0.3 is 0 Å². The number of piperazine rings is 1. The Morgan fingerprint density at radius 3 is 2.41 bits per heavy atom. The van der Waals surface area contributed by atoms with Crippen molar-refractivity contribution < 1.29 is 9.47 Å². The molecule has 2 heterocycles. The van der Waals surface area contributed by atoms with Crippen LogP contribution >= 0.6 is 0 Å². The zero-order chi connectivity index (χ0) is 20.5. The molecule has 2 fully saturated rings. The quantitative estimate of drug-likeness (QED) is 0.561. The Morgan fingerprint density at radius 2 is 1.83 bits per heavy atom. The maximum absolute atomic E-state index is 5.87. The molecule has 0 amide bonds. The van der Waals surface area contributed by atoms with E-state index in [1.54, 1.807) is 7.11 Å². The lowest BCUT2D eigenvalue weighted by Crippen LogP contribution is -2.53. The molecule has 3 rings (SSSR count). The molecule has 1 N–H and O–H groups in total. The summed E-state index contributed by atoms with van der Waals surface area (Å²) in [5, 5.41) is 3.49. The molecule has 6 nitrogen and oxygen atoms in total. The van der Waals surface area contributed by atoms with E-state index >= 15 is 0 Å². The van der Waals surface area contributed by atoms with Gasteiger partial charge in [-0.1, -0.05) is 37.3 Å². The van der Waals surface area contributed by atoms with Crippen LogP contribution in [-0.2, 0) is 9.47 Å². The van der Waals surface area contributed by atoms with E-state index in [9.17, 15) is 0 Å². The molecule has 1 atom stereocenters. The first-order valence-corrected chi connectivity index (χ1v) is 11.2. The number of hydrogen-bond donors (Lipinski definition) is 1. The molecule has 6 heteroatoms. The third kappa shape index (κ3) is 5.71. The minimum absolute atomic E-state index is 0.179. The van der Waals surface area contributed by atoms with Crippen molar-refractivity contribution in [1.29, 1.82) is 0 Å². The van der Waals surface area contributed by atoms with Gasteiger partial charge < -0.3 is 19.7 Å². The average Bonchev–Trinajstić information content (AvgIpc) is 2.79. The molecule has 2 aliphatic heterocycles. The van der Waals surface area contributed by atoms with Gasteiger partial charge in [0.25, 0.3) is 0 Å². The zero-order valence-corrected chi connectivity index (χ0v) is 18.4. The Balaban J connectivity index is 1.61. The molecule has 0 radical (unpaired) electrons. The number of hydrogen-bond acceptors (Lipinski definition) is 4. The van der Waals surface area contributed by atoms with Crippen LogP contribution in [0.5, 0.6) is 0 Å². The molecule has 162 valence electrons. The molecule has 0 spiro atoms. The summed E-state index contributed by atoms with van der Waals surface area (Å²) in [5.41, 5.74) is 1.24. The Morgan fingerprint density at radius 1 is 1.14 bits per heavy atom. The van der Waals surface area contributed by atoms with Crippen molar-refractivity contribution in [2.75, 3.05) is 59.6 Å². The van der Waals surface area contributed by atoms with Crippen LogP contribution in [0.1, 0.15) is 44.7 Å². The largest absolute Gasteiger partial charge is 0.381 e. The van der Waals surface area contributed by atoms with Crippen LogP contribution in [0.3, 0.4) is 0 Å². The van der Waals surface area contributed by atoms with Crippen molar-refractivity contribution >= 4 is 5.96 Å². The maximum Gasteiger partial charge on any atom is 0.194 e. The van der Waals surface area contributed by atoms with E-state index in [2.05, 4.69) is 59.3 Å². The maximum atomic E-state index is 5.87. The van der Waals surface area contributed by atoms with Crippen LogP contribution in [0.2, 0.25) is 0 Å². The van der Waals surface area contributed by atoms with Gasteiger partial charge in [0.1, 0.15) is 0 Å². The first-order chi connectivity index (χ1) is 14.2. The number of ether oxygens (including phenoxy) is 2. The summed E-state index contributed by atoms with van der Waals surface area (Å²) in [6, 6.07) is 11.4. The standard InChI is InChI=1S/C23H38N4O2/c1-4-21(20-9-7-6-8-10-20)26-13-15-27(16-14-26)22(24-5-2)25-19-23(28-3)11-17-29-18-12-23/h6-10,21H,4-5,11-19H2,1-3H3,(H,24,25). The summed E-state index contributed by atoms with van der Waals surface area (Å²) in [7, 11) is 1.81. The number of benzene rings is 1. The summed E-state index contributed by atoms with van der Waals surface area (Å²) >= 11 is 0. The highest BCUT2D eigenvalue weighted by atomic mass is 16.5. The van der Waals surface area contributed by atoms with Crippen molar-refractivity contribution in [1.82, 2.24) is 15.1 Å². The molecule has 0 aliphatic carbocycles. The molecule has 0 saturated carbocycles. The Kier molecular flexibility index (Phi) is 8.33. The fourth-order valence-corrected chi connectivity index (χ4v) is 4.44. The molecule has 2 saturated heterocycles. The van der Waals surface area contributed by atoms with Gasteiger partial charge in [-0.15, -0.1) is 0 Å². The van der Waals surface area contributed by atoms with E-state index in [1.165, 1.54) is 5.56 Å². The van der Waals surface area contributed by atoms with Crippen LogP contribution in [0, 0.1) is 0 Å². The second kappa shape index (κ2) is 11.0. The first kappa shape index (κ1) is 22.1. The Hall–Kier alpha value is -1.63. The average molecular weight is 403 g/mol. The molecule has 0 aromatic heterocycles. The number of guanidine groups is 1. The molecule has 0 bridgehead atoms. The van der Waals surface area contributed by atoms with Gasteiger partial charge in [0.05, 0.1) is 12.1 Å². The third-order valence-corrected chi connectivity index (χ3v) is 6.31. The van der Waals surface area contributed by atoms with E-state index in [1.807, 2.05) is 0 Å². The lowest BCUT2D eigenvalue weighted by Gasteiger charge is -2.41. The molecular formula is C23H38N4O2. The van der Waals surface area contributed by atoms with E-state index in [4.69, 9.17) is 14.5 Å². The Labute approximate surface area is 176 Å². The van der Waals surface area contributed by atoms with E-state index in [-0.39, 0.29) is 5.60 Å². The number of rotatable bonds is 7. The zero-order valence-electron chi connectivity index (χ0n) is 18.4. The lowest BCUT2D eigenvalue weighted by atomic mass is 9.94. The number of methoxy groups -OCH3 is 1. The van der Waals surface area contributed by atoms with Crippen LogP contribution in [0.4, 0.5) is 0 Å². The van der Waals surface area contributed by atoms with Crippen LogP contribution in [-0.4, -0.2) is 81.0 Å². The van der Waals surface area contributed by atoms with Gasteiger partial charge in [-0.25, -0.2) is 0 Å². The smallest absolute Gasteiger partial charge is 0.194 e. The minimum atomic E-state index is -0.179. The highest BCUT2D eigenvalue weighted by molar-refractivity contribution is 5.80. The monoisotopic (exact) mass is 402 g/mol. The third-order valence-electron chi connectivity index (χ3n) is 6.31. The SMILES string of the molecule is CCNC(=NCC1(OC)CCOCC1)N1CCN(C(CC)c2ccccc2)CC1. The summed E-state index contributed by atoms with van der Waals surface area (Å²) in [6.45, 7) is 11.6. The van der Waals surface area contributed by atoms with Crippen LogP contribution in [0.15, 0.2) is 35.3 Å². The molecule has 29 heavy (non-hydrogen) atoms. The molecule has 2 aliphatic rings. The highest BCUT2D eigenvalue weighted by Gasteiger charge is 2.33. The molecule has 1 aromatic carbocycles. The Bertz CT molecular complexity index is 623. The van der Waals surface area contributed by atoms with Gasteiger partial charge in [-0.2, -0.15) is 0 Å². The van der Waals surface area contributed by atoms with Gasteiger partial charge in [0.15, 0.2) is 5.96 Å². The van der Waals surface area contributed by atoms with Crippen molar-refractivity contribution in [2.24, 2.45) is 4.99 Å². The highest BCUT2D eigenvalue weighted by Crippen LogP contribution is 2.26. The van der Waals surface area contributed by atoms with Crippen molar-refractivity contribution in [3.8, 4) is 0 Å². The van der Waals surface area contributed by atoms with Crippen molar-refractivity contribution in [3.05, 3.63) is 35.9 Å². The van der Waals surface area contributed by atoms with Gasteiger partial charge in [0.2, 0.25) is 0 Å². The first-order valence-electron chi connectivity index (χ1n) is 11.2. The normalized spacial score (nSPS) is 21.8. The van der Waals surface area contributed by atoms with Crippen molar-refractivity contribution in [3.63, 3.8) is 0 Å². The number of nitrogens with zero attached hydrogens (tertiary/aromatic N) is 3. The van der Waals surface area contributed by atoms with E-state index in [0.717, 1.165) is 71.2 Å². The minimum Gasteiger partial charge on any atom is -0.381 e. The summed E-state index contributed by atoms with van der Waals surface area (Å²) < 4.78 is 11.4. The summed E-state index contributed by atoms with van der Waals surface area (Å²) in [4.78, 5) is 10.0. The fraction of sp³-hybridized carbons (Fsp3) is 0.696. The molecule has 1 aromatic rings. The predicted molar refractivity (Wildman–Crippen MR) is 118 cm³/mol. The number of nitrogens with one attached hydrogen (secondary N) is 1. The van der Waals surface area contributed by atoms with Gasteiger partial charge in [-0.05, 0) is 18.9 Å². The van der Waals surface area contributed by atoms with E-state index < -0.39 is 0 Å². The second-order valence-corrected chi connectivity index (χ2v) is 8.03. The fourth-order valence-electron chi connectivity index (χ4n) is 4.44. The van der Waals surface area contributed by atoms with Crippen LogP contribution in [0.25, 0.3) is 0 Å². The van der Waals surface area contributed by atoms with Gasteiger partial charge in [-0.3, -0.25) is 9.89 Å². The van der Waals surface area contributed by atoms with Crippen LogP contribution < -0.4 is 5.32 Å². The molecular weight excluding hydrogens is 364 g/mol. The molecule has 1 unspecified atom stereocenters. The topological polar surface area (TPSA) is 49.3 Å².